The van der Waals surface area contributed by atoms with E-state index in [-0.39, 0.29) is 16.9 Å². The lowest BCUT2D eigenvalue weighted by Gasteiger charge is -2.40. The fraction of sp³-hybridized carbons (Fsp3) is 0.625. The number of halogens is 3. The Balaban J connectivity index is 2.25. The highest BCUT2D eigenvalue weighted by atomic mass is 79.9. The first-order valence-electron chi connectivity index (χ1n) is 7.16. The summed E-state index contributed by atoms with van der Waals surface area (Å²) in [6.45, 7) is 5.04. The van der Waals surface area contributed by atoms with Crippen molar-refractivity contribution >= 4 is 15.9 Å². The minimum Gasteiger partial charge on any atom is -0.330 e. The Hall–Kier alpha value is -0.480. The van der Waals surface area contributed by atoms with E-state index in [0.717, 1.165) is 19.3 Å². The SMILES string of the molecule is CC1(C)CCC(CN)C(Cc2c(F)ccc(Br)c2F)C1. The van der Waals surface area contributed by atoms with E-state index in [9.17, 15) is 8.78 Å². The third-order valence-corrected chi connectivity index (χ3v) is 5.19. The summed E-state index contributed by atoms with van der Waals surface area (Å²) in [4.78, 5) is 0. The molecule has 0 aliphatic heterocycles. The van der Waals surface area contributed by atoms with Crippen LogP contribution >= 0.6 is 15.9 Å². The number of nitrogens with two attached hydrogens (primary N) is 1. The molecule has 0 amide bonds. The lowest BCUT2D eigenvalue weighted by molar-refractivity contribution is 0.120. The van der Waals surface area contributed by atoms with E-state index in [0.29, 0.717) is 23.4 Å². The van der Waals surface area contributed by atoms with Gasteiger partial charge >= 0.3 is 0 Å². The van der Waals surface area contributed by atoms with Crippen molar-refractivity contribution in [1.82, 2.24) is 0 Å². The van der Waals surface area contributed by atoms with E-state index in [1.165, 1.54) is 12.1 Å². The zero-order valence-electron chi connectivity index (χ0n) is 12.1. The molecule has 0 aromatic heterocycles. The van der Waals surface area contributed by atoms with Crippen molar-refractivity contribution in [2.24, 2.45) is 23.0 Å². The topological polar surface area (TPSA) is 26.0 Å². The molecule has 2 N–H and O–H groups in total. The molecule has 0 bridgehead atoms. The highest BCUT2D eigenvalue weighted by Crippen LogP contribution is 2.43. The van der Waals surface area contributed by atoms with Crippen LogP contribution in [0.4, 0.5) is 8.78 Å². The third kappa shape index (κ3) is 3.40. The Kier molecular flexibility index (Phi) is 4.85. The predicted octanol–water partition coefficient (Wildman–Crippen LogP) is 4.67. The standard InChI is InChI=1S/C16H22BrF2N/c1-16(2)6-5-10(9-20)11(8-16)7-12-14(18)4-3-13(17)15(12)19/h3-4,10-11H,5-9,20H2,1-2H3. The summed E-state index contributed by atoms with van der Waals surface area (Å²) < 4.78 is 28.4. The molecule has 1 aliphatic carbocycles. The van der Waals surface area contributed by atoms with Gasteiger partial charge in [0.15, 0.2) is 0 Å². The Labute approximate surface area is 128 Å². The summed E-state index contributed by atoms with van der Waals surface area (Å²) in [5.74, 6) is -0.308. The van der Waals surface area contributed by atoms with Gasteiger partial charge in [0.25, 0.3) is 0 Å². The second-order valence-corrected chi connectivity index (χ2v) is 7.54. The normalized spacial score (nSPS) is 25.7. The zero-order chi connectivity index (χ0) is 14.9. The molecule has 0 spiro atoms. The van der Waals surface area contributed by atoms with Crippen molar-refractivity contribution in [2.75, 3.05) is 6.54 Å². The average Bonchev–Trinajstić information content (AvgIpc) is 2.38. The summed E-state index contributed by atoms with van der Waals surface area (Å²) in [6.07, 6.45) is 3.59. The van der Waals surface area contributed by atoms with E-state index >= 15 is 0 Å². The molecule has 2 atom stereocenters. The predicted molar refractivity (Wildman–Crippen MR) is 81.4 cm³/mol. The van der Waals surface area contributed by atoms with Gasteiger partial charge in [-0.25, -0.2) is 8.78 Å². The van der Waals surface area contributed by atoms with Crippen LogP contribution in [0.2, 0.25) is 0 Å². The number of hydrogen-bond donors (Lipinski definition) is 1. The fourth-order valence-corrected chi connectivity index (χ4v) is 3.73. The molecule has 2 rings (SSSR count). The molecule has 1 saturated carbocycles. The third-order valence-electron chi connectivity index (χ3n) is 4.58. The van der Waals surface area contributed by atoms with E-state index in [4.69, 9.17) is 5.73 Å². The van der Waals surface area contributed by atoms with E-state index in [1.807, 2.05) is 0 Å². The van der Waals surface area contributed by atoms with E-state index < -0.39 is 11.6 Å². The smallest absolute Gasteiger partial charge is 0.143 e. The molecule has 112 valence electrons. The van der Waals surface area contributed by atoms with Crippen molar-refractivity contribution < 1.29 is 8.78 Å². The Morgan fingerprint density at radius 3 is 2.65 bits per heavy atom. The maximum absolute atomic E-state index is 14.1. The number of rotatable bonds is 3. The minimum atomic E-state index is -0.468. The lowest BCUT2D eigenvalue weighted by atomic mass is 9.65. The molecule has 4 heteroatoms. The van der Waals surface area contributed by atoms with Crippen molar-refractivity contribution in [3.05, 3.63) is 33.8 Å². The molecule has 1 fully saturated rings. The number of hydrogen-bond acceptors (Lipinski definition) is 1. The molecule has 1 nitrogen and oxygen atoms in total. The van der Waals surface area contributed by atoms with E-state index in [2.05, 4.69) is 29.8 Å². The number of benzene rings is 1. The second-order valence-electron chi connectivity index (χ2n) is 6.69. The van der Waals surface area contributed by atoms with Gasteiger partial charge < -0.3 is 5.73 Å². The van der Waals surface area contributed by atoms with Crippen LogP contribution in [0.15, 0.2) is 16.6 Å². The highest BCUT2D eigenvalue weighted by molar-refractivity contribution is 9.10. The van der Waals surface area contributed by atoms with Crippen LogP contribution in [-0.2, 0) is 6.42 Å². The first-order valence-corrected chi connectivity index (χ1v) is 7.96. The summed E-state index contributed by atoms with van der Waals surface area (Å²) in [5, 5.41) is 0. The van der Waals surface area contributed by atoms with Crippen LogP contribution in [0.25, 0.3) is 0 Å². The molecule has 2 unspecified atom stereocenters. The first kappa shape index (κ1) is 15.9. The molecule has 1 aromatic rings. The van der Waals surface area contributed by atoms with Gasteiger partial charge in [-0.15, -0.1) is 0 Å². The van der Waals surface area contributed by atoms with Gasteiger partial charge in [0.2, 0.25) is 0 Å². The van der Waals surface area contributed by atoms with Gasteiger partial charge in [0.05, 0.1) is 4.47 Å². The average molecular weight is 346 g/mol. The van der Waals surface area contributed by atoms with Gasteiger partial charge in [0, 0.05) is 5.56 Å². The lowest BCUT2D eigenvalue weighted by Crippen LogP contribution is -2.35. The molecule has 1 aliphatic rings. The summed E-state index contributed by atoms with van der Waals surface area (Å²) >= 11 is 3.13. The van der Waals surface area contributed by atoms with Crippen molar-refractivity contribution in [3.63, 3.8) is 0 Å². The highest BCUT2D eigenvalue weighted by Gasteiger charge is 2.35. The summed E-state index contributed by atoms with van der Waals surface area (Å²) in [6, 6.07) is 2.74. The molecule has 20 heavy (non-hydrogen) atoms. The van der Waals surface area contributed by atoms with Crippen LogP contribution < -0.4 is 5.73 Å². The zero-order valence-corrected chi connectivity index (χ0v) is 13.6. The Morgan fingerprint density at radius 2 is 2.00 bits per heavy atom. The maximum Gasteiger partial charge on any atom is 0.143 e. The molecular formula is C16H22BrF2N. The molecular weight excluding hydrogens is 324 g/mol. The molecule has 0 saturated heterocycles. The Morgan fingerprint density at radius 1 is 1.30 bits per heavy atom. The minimum absolute atomic E-state index is 0.195. The van der Waals surface area contributed by atoms with Crippen LogP contribution in [0, 0.1) is 28.9 Å². The Bertz CT molecular complexity index is 488. The van der Waals surface area contributed by atoms with Crippen LogP contribution in [0.3, 0.4) is 0 Å². The summed E-state index contributed by atoms with van der Waals surface area (Å²) in [5.41, 5.74) is 6.27. The van der Waals surface area contributed by atoms with Crippen LogP contribution in [0.1, 0.15) is 38.7 Å². The molecule has 1 aromatic carbocycles. The maximum atomic E-state index is 14.1. The van der Waals surface area contributed by atoms with Crippen molar-refractivity contribution in [3.8, 4) is 0 Å². The van der Waals surface area contributed by atoms with Gasteiger partial charge in [-0.3, -0.25) is 0 Å². The molecule has 0 radical (unpaired) electrons. The van der Waals surface area contributed by atoms with Crippen molar-refractivity contribution in [2.45, 2.75) is 39.5 Å². The largest absolute Gasteiger partial charge is 0.330 e. The van der Waals surface area contributed by atoms with Crippen LogP contribution in [0.5, 0.6) is 0 Å². The summed E-state index contributed by atoms with van der Waals surface area (Å²) in [7, 11) is 0. The second kappa shape index (κ2) is 6.10. The van der Waals surface area contributed by atoms with Crippen molar-refractivity contribution in [1.29, 1.82) is 0 Å². The quantitative estimate of drug-likeness (QED) is 0.791. The van der Waals surface area contributed by atoms with Gasteiger partial charge in [-0.05, 0) is 77.5 Å². The van der Waals surface area contributed by atoms with Gasteiger partial charge in [-0.2, -0.15) is 0 Å². The fourth-order valence-electron chi connectivity index (χ4n) is 3.36. The van der Waals surface area contributed by atoms with Gasteiger partial charge in [-0.1, -0.05) is 13.8 Å². The monoisotopic (exact) mass is 345 g/mol. The first-order chi connectivity index (χ1) is 9.34. The van der Waals surface area contributed by atoms with Gasteiger partial charge in [0.1, 0.15) is 11.6 Å². The van der Waals surface area contributed by atoms with E-state index in [1.54, 1.807) is 0 Å². The molecule has 0 heterocycles. The van der Waals surface area contributed by atoms with Crippen LogP contribution in [-0.4, -0.2) is 6.54 Å².